The van der Waals surface area contributed by atoms with Gasteiger partial charge in [-0.05, 0) is 42.2 Å². The van der Waals surface area contributed by atoms with E-state index in [0.717, 1.165) is 35.6 Å². The number of fused-ring (bicyclic) bond motifs is 1. The molecular formula is C22H23ClN4O. The number of benzene rings is 2. The molecule has 1 aromatic heterocycles. The zero-order valence-corrected chi connectivity index (χ0v) is 16.8. The van der Waals surface area contributed by atoms with E-state index in [0.29, 0.717) is 23.7 Å². The Bertz CT molecular complexity index is 1040. The van der Waals surface area contributed by atoms with Crippen LogP contribution < -0.4 is 10.6 Å². The van der Waals surface area contributed by atoms with Gasteiger partial charge in [0.15, 0.2) is 0 Å². The maximum atomic E-state index is 12.8. The van der Waals surface area contributed by atoms with Crippen molar-refractivity contribution in [2.75, 3.05) is 0 Å². The lowest BCUT2D eigenvalue weighted by Crippen LogP contribution is -2.24. The molecule has 3 aromatic rings. The Morgan fingerprint density at radius 1 is 1.18 bits per heavy atom. The number of aromatic nitrogens is 2. The van der Waals surface area contributed by atoms with Crippen molar-refractivity contribution in [2.24, 2.45) is 0 Å². The number of hydrogen-bond acceptors (Lipinski definition) is 3. The minimum atomic E-state index is -0.0981. The average molecular weight is 395 g/mol. The second-order valence-electron chi connectivity index (χ2n) is 7.18. The van der Waals surface area contributed by atoms with Gasteiger partial charge in [0.05, 0.1) is 17.8 Å². The van der Waals surface area contributed by atoms with E-state index < -0.39 is 0 Å². The Hall–Kier alpha value is -2.63. The lowest BCUT2D eigenvalue weighted by atomic mass is 10.1. The molecule has 5 nitrogen and oxygen atoms in total. The summed E-state index contributed by atoms with van der Waals surface area (Å²) in [5.74, 6) is -0.0981. The molecule has 0 saturated heterocycles. The van der Waals surface area contributed by atoms with Crippen molar-refractivity contribution in [2.45, 2.75) is 40.0 Å². The van der Waals surface area contributed by atoms with Crippen LogP contribution in [0.1, 0.15) is 44.0 Å². The van der Waals surface area contributed by atoms with Crippen LogP contribution in [0.2, 0.25) is 5.02 Å². The summed E-state index contributed by atoms with van der Waals surface area (Å²) in [7, 11) is 0. The zero-order valence-electron chi connectivity index (χ0n) is 16.1. The van der Waals surface area contributed by atoms with Gasteiger partial charge in [-0.2, -0.15) is 5.10 Å². The Labute approximate surface area is 169 Å². The topological polar surface area (TPSA) is 59.0 Å². The molecule has 4 rings (SSSR count). The molecule has 0 radical (unpaired) electrons. The summed E-state index contributed by atoms with van der Waals surface area (Å²) in [6.45, 7) is 6.65. The highest BCUT2D eigenvalue weighted by molar-refractivity contribution is 6.31. The molecule has 2 heterocycles. The molecule has 144 valence electrons. The predicted octanol–water partition coefficient (Wildman–Crippen LogP) is 3.73. The molecular weight excluding hydrogens is 372 g/mol. The van der Waals surface area contributed by atoms with Crippen LogP contribution in [-0.4, -0.2) is 15.7 Å². The van der Waals surface area contributed by atoms with E-state index in [1.54, 1.807) is 0 Å². The van der Waals surface area contributed by atoms with Gasteiger partial charge in [0.25, 0.3) is 5.91 Å². The molecule has 0 unspecified atom stereocenters. The molecule has 0 aliphatic carbocycles. The normalized spacial score (nSPS) is 12.8. The van der Waals surface area contributed by atoms with Gasteiger partial charge in [0.1, 0.15) is 0 Å². The van der Waals surface area contributed by atoms with Gasteiger partial charge >= 0.3 is 0 Å². The Kier molecular flexibility index (Phi) is 5.20. The van der Waals surface area contributed by atoms with E-state index in [1.807, 2.05) is 42.8 Å². The Morgan fingerprint density at radius 2 is 1.96 bits per heavy atom. The molecule has 1 aliphatic heterocycles. The first-order valence-corrected chi connectivity index (χ1v) is 9.77. The van der Waals surface area contributed by atoms with Crippen LogP contribution in [0.4, 0.5) is 0 Å². The van der Waals surface area contributed by atoms with Crippen LogP contribution in [0.5, 0.6) is 0 Å². The fourth-order valence-electron chi connectivity index (χ4n) is 3.70. The molecule has 28 heavy (non-hydrogen) atoms. The second kappa shape index (κ2) is 7.78. The minimum absolute atomic E-state index is 0.0981. The first kappa shape index (κ1) is 18.7. The van der Waals surface area contributed by atoms with E-state index in [4.69, 9.17) is 11.6 Å². The van der Waals surface area contributed by atoms with Crippen LogP contribution in [0.25, 0.3) is 0 Å². The third kappa shape index (κ3) is 3.68. The van der Waals surface area contributed by atoms with Crippen molar-refractivity contribution in [1.29, 1.82) is 0 Å². The monoisotopic (exact) mass is 394 g/mol. The maximum absolute atomic E-state index is 12.8. The highest BCUT2D eigenvalue weighted by Crippen LogP contribution is 2.20. The first-order valence-electron chi connectivity index (χ1n) is 9.40. The maximum Gasteiger partial charge on any atom is 0.255 e. The summed E-state index contributed by atoms with van der Waals surface area (Å²) in [4.78, 5) is 12.8. The molecule has 2 aromatic carbocycles. The third-order valence-corrected chi connectivity index (χ3v) is 5.61. The van der Waals surface area contributed by atoms with Gasteiger partial charge in [-0.15, -0.1) is 0 Å². The van der Waals surface area contributed by atoms with Gasteiger partial charge in [-0.3, -0.25) is 9.48 Å². The summed E-state index contributed by atoms with van der Waals surface area (Å²) in [6.07, 6.45) is 0. The number of aryl methyl sites for hydroxylation is 1. The largest absolute Gasteiger partial charge is 0.348 e. The molecule has 6 heteroatoms. The number of nitrogens with zero attached hydrogens (tertiary/aromatic N) is 2. The zero-order chi connectivity index (χ0) is 19.7. The van der Waals surface area contributed by atoms with Gasteiger partial charge in [0.2, 0.25) is 0 Å². The quantitative estimate of drug-likeness (QED) is 0.693. The number of amides is 1. The third-order valence-electron chi connectivity index (χ3n) is 5.24. The van der Waals surface area contributed by atoms with E-state index in [-0.39, 0.29) is 5.91 Å². The SMILES string of the molecule is Cc1nn(Cc2ccccc2Cl)c(C)c1C(=O)NCc1ccc2c(c1)CNC2. The van der Waals surface area contributed by atoms with E-state index in [1.165, 1.54) is 11.1 Å². The van der Waals surface area contributed by atoms with Gasteiger partial charge < -0.3 is 10.6 Å². The number of nitrogens with one attached hydrogen (secondary N) is 2. The predicted molar refractivity (Wildman–Crippen MR) is 110 cm³/mol. The van der Waals surface area contributed by atoms with Crippen molar-refractivity contribution in [3.05, 3.63) is 86.7 Å². The molecule has 0 bridgehead atoms. The Morgan fingerprint density at radius 3 is 2.79 bits per heavy atom. The fourth-order valence-corrected chi connectivity index (χ4v) is 3.89. The summed E-state index contributed by atoms with van der Waals surface area (Å²) < 4.78 is 1.84. The van der Waals surface area contributed by atoms with E-state index >= 15 is 0 Å². The van der Waals surface area contributed by atoms with Crippen molar-refractivity contribution >= 4 is 17.5 Å². The number of hydrogen-bond donors (Lipinski definition) is 2. The van der Waals surface area contributed by atoms with Crippen LogP contribution in [0, 0.1) is 13.8 Å². The van der Waals surface area contributed by atoms with Gasteiger partial charge in [-0.1, -0.05) is 48.0 Å². The van der Waals surface area contributed by atoms with Gasteiger partial charge in [0, 0.05) is 30.4 Å². The summed E-state index contributed by atoms with van der Waals surface area (Å²) in [5, 5.41) is 11.6. The smallest absolute Gasteiger partial charge is 0.255 e. The molecule has 0 spiro atoms. The first-order chi connectivity index (χ1) is 13.5. The second-order valence-corrected chi connectivity index (χ2v) is 7.59. The lowest BCUT2D eigenvalue weighted by molar-refractivity contribution is 0.0949. The fraction of sp³-hybridized carbons (Fsp3) is 0.273. The van der Waals surface area contributed by atoms with Crippen LogP contribution >= 0.6 is 11.6 Å². The minimum Gasteiger partial charge on any atom is -0.348 e. The van der Waals surface area contributed by atoms with Crippen molar-refractivity contribution in [3.8, 4) is 0 Å². The molecule has 1 aliphatic rings. The lowest BCUT2D eigenvalue weighted by Gasteiger charge is -2.09. The molecule has 1 amide bonds. The van der Waals surface area contributed by atoms with Crippen LogP contribution in [-0.2, 0) is 26.2 Å². The van der Waals surface area contributed by atoms with E-state index in [9.17, 15) is 4.79 Å². The number of halogens is 1. The Balaban J connectivity index is 1.48. The van der Waals surface area contributed by atoms with Crippen LogP contribution in [0.15, 0.2) is 42.5 Å². The summed E-state index contributed by atoms with van der Waals surface area (Å²) in [6, 6.07) is 14.1. The molecule has 2 N–H and O–H groups in total. The van der Waals surface area contributed by atoms with Crippen molar-refractivity contribution in [3.63, 3.8) is 0 Å². The molecule has 0 fully saturated rings. The summed E-state index contributed by atoms with van der Waals surface area (Å²) >= 11 is 6.27. The number of rotatable bonds is 5. The van der Waals surface area contributed by atoms with Crippen molar-refractivity contribution < 1.29 is 4.79 Å². The number of carbonyl (C=O) groups excluding carboxylic acids is 1. The summed E-state index contributed by atoms with van der Waals surface area (Å²) in [5.41, 5.74) is 6.93. The average Bonchev–Trinajstić information content (AvgIpc) is 3.25. The molecule has 0 saturated carbocycles. The van der Waals surface area contributed by atoms with Crippen molar-refractivity contribution in [1.82, 2.24) is 20.4 Å². The van der Waals surface area contributed by atoms with Gasteiger partial charge in [-0.25, -0.2) is 0 Å². The molecule has 0 atom stereocenters. The highest BCUT2D eigenvalue weighted by Gasteiger charge is 2.19. The van der Waals surface area contributed by atoms with E-state index in [2.05, 4.69) is 33.9 Å². The highest BCUT2D eigenvalue weighted by atomic mass is 35.5. The number of carbonyl (C=O) groups is 1. The standard InChI is InChI=1S/C22H23ClN4O/c1-14-21(15(2)27(26-14)13-18-5-3-4-6-20(18)23)22(28)25-10-16-7-8-17-11-24-12-19(17)9-16/h3-9,24H,10-13H2,1-2H3,(H,25,28). The van der Waals surface area contributed by atoms with Crippen LogP contribution in [0.3, 0.4) is 0 Å².